The van der Waals surface area contributed by atoms with E-state index in [0.29, 0.717) is 32.1 Å². The lowest BCUT2D eigenvalue weighted by atomic mass is 9.93. The predicted molar refractivity (Wildman–Crippen MR) is 81.1 cm³/mol. The quantitative estimate of drug-likeness (QED) is 0.746. The maximum Gasteiger partial charge on any atom is 0.232 e. The number of carbonyl (C=O) groups is 2. The minimum absolute atomic E-state index is 0.0637. The van der Waals surface area contributed by atoms with Gasteiger partial charge in [0.15, 0.2) is 0 Å². The number of amides is 2. The molecule has 120 valence electrons. The zero-order chi connectivity index (χ0) is 15.1. The van der Waals surface area contributed by atoms with Crippen LogP contribution >= 0.6 is 11.8 Å². The normalized spacial score (nSPS) is 26.4. The number of aliphatic hydroxyl groups excluding tert-OH is 1. The van der Waals surface area contributed by atoms with Gasteiger partial charge in [-0.25, -0.2) is 0 Å². The summed E-state index contributed by atoms with van der Waals surface area (Å²) in [7, 11) is 0. The molecule has 2 N–H and O–H groups in total. The molecule has 2 rings (SSSR count). The van der Waals surface area contributed by atoms with Crippen LogP contribution in [-0.2, 0) is 14.3 Å². The van der Waals surface area contributed by atoms with Crippen LogP contribution in [-0.4, -0.2) is 71.8 Å². The molecule has 6 nitrogen and oxygen atoms in total. The van der Waals surface area contributed by atoms with Crippen molar-refractivity contribution < 1.29 is 19.4 Å². The van der Waals surface area contributed by atoms with Crippen LogP contribution in [0.4, 0.5) is 0 Å². The van der Waals surface area contributed by atoms with Crippen LogP contribution in [0.5, 0.6) is 0 Å². The van der Waals surface area contributed by atoms with Gasteiger partial charge in [-0.2, -0.15) is 0 Å². The molecule has 1 aliphatic heterocycles. The molecule has 0 bridgehead atoms. The number of aliphatic hydroxyl groups is 1. The summed E-state index contributed by atoms with van der Waals surface area (Å²) in [6, 6.07) is -0.123. The standard InChI is InChI=1S/C14H24N2O4S/c17-12-4-2-1-3-11(12)15-13(18)9-21-10-14(19)16-5-7-20-8-6-16/h11-12,17H,1-10H2,(H,15,18)/t11-,12-/m0/s1. The molecule has 0 aromatic heterocycles. The van der Waals surface area contributed by atoms with Crippen LogP contribution in [0.3, 0.4) is 0 Å². The molecule has 0 spiro atoms. The maximum absolute atomic E-state index is 11.9. The summed E-state index contributed by atoms with van der Waals surface area (Å²) in [4.78, 5) is 25.5. The Bertz CT molecular complexity index is 361. The lowest BCUT2D eigenvalue weighted by Crippen LogP contribution is -2.46. The van der Waals surface area contributed by atoms with Crippen molar-refractivity contribution in [2.24, 2.45) is 0 Å². The molecule has 0 radical (unpaired) electrons. The SMILES string of the molecule is O=C(CSCC(=O)N1CCOCC1)N[C@H]1CCCC[C@@H]1O. The minimum Gasteiger partial charge on any atom is -0.391 e. The summed E-state index contributed by atoms with van der Waals surface area (Å²) in [5.41, 5.74) is 0. The Labute approximate surface area is 129 Å². The van der Waals surface area contributed by atoms with Gasteiger partial charge in [0, 0.05) is 13.1 Å². The Morgan fingerprint density at radius 3 is 2.62 bits per heavy atom. The average Bonchev–Trinajstić information content (AvgIpc) is 2.50. The van der Waals surface area contributed by atoms with Crippen molar-refractivity contribution in [3.05, 3.63) is 0 Å². The van der Waals surface area contributed by atoms with E-state index in [1.807, 2.05) is 0 Å². The summed E-state index contributed by atoms with van der Waals surface area (Å²) in [6.07, 6.45) is 3.24. The van der Waals surface area contributed by atoms with Crippen molar-refractivity contribution in [1.82, 2.24) is 10.2 Å². The van der Waals surface area contributed by atoms with Gasteiger partial charge in [0.05, 0.1) is 36.9 Å². The third kappa shape index (κ3) is 5.48. The van der Waals surface area contributed by atoms with Crippen LogP contribution < -0.4 is 5.32 Å². The molecule has 2 atom stereocenters. The molecule has 21 heavy (non-hydrogen) atoms. The van der Waals surface area contributed by atoms with E-state index in [1.54, 1.807) is 4.90 Å². The molecule has 0 unspecified atom stereocenters. The summed E-state index contributed by atoms with van der Waals surface area (Å²) >= 11 is 1.33. The molecule has 0 aromatic carbocycles. The summed E-state index contributed by atoms with van der Waals surface area (Å²) in [5.74, 6) is 0.550. The van der Waals surface area contributed by atoms with Gasteiger partial charge < -0.3 is 20.1 Å². The van der Waals surface area contributed by atoms with Crippen LogP contribution in [0.15, 0.2) is 0 Å². The van der Waals surface area contributed by atoms with E-state index in [4.69, 9.17) is 4.74 Å². The van der Waals surface area contributed by atoms with Gasteiger partial charge in [-0.05, 0) is 12.8 Å². The van der Waals surface area contributed by atoms with Crippen LogP contribution in [0.25, 0.3) is 0 Å². The lowest BCUT2D eigenvalue weighted by Gasteiger charge is -2.28. The highest BCUT2D eigenvalue weighted by Gasteiger charge is 2.24. The summed E-state index contributed by atoms with van der Waals surface area (Å²) in [5, 5.41) is 12.7. The Hall–Kier alpha value is -0.790. The smallest absolute Gasteiger partial charge is 0.232 e. The first-order valence-corrected chi connectivity index (χ1v) is 8.73. The number of nitrogens with zero attached hydrogens (tertiary/aromatic N) is 1. The highest BCUT2D eigenvalue weighted by atomic mass is 32.2. The third-order valence-corrected chi connectivity index (χ3v) is 4.82. The number of carbonyl (C=O) groups excluding carboxylic acids is 2. The number of hydrogen-bond acceptors (Lipinski definition) is 5. The molecular weight excluding hydrogens is 292 g/mol. The Morgan fingerprint density at radius 1 is 1.19 bits per heavy atom. The first-order valence-electron chi connectivity index (χ1n) is 7.57. The van der Waals surface area contributed by atoms with Gasteiger partial charge in [0.25, 0.3) is 0 Å². The highest BCUT2D eigenvalue weighted by molar-refractivity contribution is 8.00. The largest absolute Gasteiger partial charge is 0.391 e. The predicted octanol–water partition coefficient (Wildman–Crippen LogP) is -0.00190. The zero-order valence-corrected chi connectivity index (χ0v) is 13.1. The topological polar surface area (TPSA) is 78.9 Å². The van der Waals surface area contributed by atoms with Gasteiger partial charge in [-0.1, -0.05) is 12.8 Å². The van der Waals surface area contributed by atoms with Gasteiger partial charge >= 0.3 is 0 Å². The lowest BCUT2D eigenvalue weighted by molar-refractivity contribution is -0.132. The molecule has 2 amide bonds. The number of hydrogen-bond donors (Lipinski definition) is 2. The Morgan fingerprint density at radius 2 is 1.90 bits per heavy atom. The zero-order valence-electron chi connectivity index (χ0n) is 12.3. The van der Waals surface area contributed by atoms with E-state index in [9.17, 15) is 14.7 Å². The fraction of sp³-hybridized carbons (Fsp3) is 0.857. The van der Waals surface area contributed by atoms with E-state index in [2.05, 4.69) is 5.32 Å². The first-order chi connectivity index (χ1) is 10.2. The number of nitrogens with one attached hydrogen (secondary N) is 1. The second kappa shape index (κ2) is 8.60. The molecule has 1 aliphatic carbocycles. The van der Waals surface area contributed by atoms with E-state index < -0.39 is 6.10 Å². The number of thioether (sulfide) groups is 1. The maximum atomic E-state index is 11.9. The monoisotopic (exact) mass is 316 g/mol. The van der Waals surface area contributed by atoms with Crippen LogP contribution in [0.1, 0.15) is 25.7 Å². The molecule has 1 saturated heterocycles. The van der Waals surface area contributed by atoms with Gasteiger partial charge in [-0.3, -0.25) is 9.59 Å². The summed E-state index contributed by atoms with van der Waals surface area (Å²) < 4.78 is 5.20. The van der Waals surface area contributed by atoms with Crippen LogP contribution in [0, 0.1) is 0 Å². The molecule has 0 aromatic rings. The van der Waals surface area contributed by atoms with E-state index in [-0.39, 0.29) is 23.6 Å². The van der Waals surface area contributed by atoms with E-state index >= 15 is 0 Å². The molecule has 7 heteroatoms. The van der Waals surface area contributed by atoms with Crippen molar-refractivity contribution in [2.45, 2.75) is 37.8 Å². The first kappa shape index (κ1) is 16.6. The molecule has 1 heterocycles. The summed E-state index contributed by atoms with van der Waals surface area (Å²) in [6.45, 7) is 2.46. The fourth-order valence-corrected chi connectivity index (χ4v) is 3.39. The van der Waals surface area contributed by atoms with Crippen molar-refractivity contribution >= 4 is 23.6 Å². The highest BCUT2D eigenvalue weighted by Crippen LogP contribution is 2.18. The minimum atomic E-state index is -0.428. The molecule has 2 fully saturated rings. The number of morpholine rings is 1. The molecule has 1 saturated carbocycles. The number of ether oxygens (including phenoxy) is 1. The van der Waals surface area contributed by atoms with Gasteiger partial charge in [0.2, 0.25) is 11.8 Å². The molecule has 2 aliphatic rings. The second-order valence-corrected chi connectivity index (χ2v) is 6.50. The van der Waals surface area contributed by atoms with E-state index in [1.165, 1.54) is 11.8 Å². The van der Waals surface area contributed by atoms with Crippen molar-refractivity contribution in [3.63, 3.8) is 0 Å². The fourth-order valence-electron chi connectivity index (χ4n) is 2.66. The Balaban J connectivity index is 1.61. The van der Waals surface area contributed by atoms with Crippen molar-refractivity contribution in [3.8, 4) is 0 Å². The van der Waals surface area contributed by atoms with E-state index in [0.717, 1.165) is 25.7 Å². The third-order valence-electron chi connectivity index (χ3n) is 3.90. The average molecular weight is 316 g/mol. The van der Waals surface area contributed by atoms with Gasteiger partial charge in [0.1, 0.15) is 0 Å². The van der Waals surface area contributed by atoms with Gasteiger partial charge in [-0.15, -0.1) is 11.8 Å². The molecular formula is C14H24N2O4S. The van der Waals surface area contributed by atoms with Crippen molar-refractivity contribution in [2.75, 3.05) is 37.8 Å². The van der Waals surface area contributed by atoms with Crippen molar-refractivity contribution in [1.29, 1.82) is 0 Å². The second-order valence-electron chi connectivity index (χ2n) is 5.51. The Kier molecular flexibility index (Phi) is 6.79. The number of rotatable bonds is 5. The van der Waals surface area contributed by atoms with Crippen LogP contribution in [0.2, 0.25) is 0 Å².